The van der Waals surface area contributed by atoms with E-state index in [9.17, 15) is 0 Å². The van der Waals surface area contributed by atoms with E-state index in [1.807, 2.05) is 27.7 Å². The van der Waals surface area contributed by atoms with Crippen molar-refractivity contribution in [3.8, 4) is 71.9 Å². The first-order chi connectivity index (χ1) is 33.8. The van der Waals surface area contributed by atoms with Crippen molar-refractivity contribution >= 4 is 32.3 Å². The Morgan fingerprint density at radius 1 is 0.265 bits per heavy atom. The quantitative estimate of drug-likeness (QED) is 0.0246. The Hall–Kier alpha value is -6.24. The molecule has 4 aromatic rings. The summed E-state index contributed by atoms with van der Waals surface area (Å²) in [6.45, 7) is 14.2. The topological polar surface area (TPSA) is 111 Å². The molecule has 0 aromatic heterocycles. The Bertz CT molecular complexity index is 1920. The van der Waals surface area contributed by atoms with Crippen LogP contribution < -0.4 is 18.9 Å². The number of hydrogen-bond donors (Lipinski definition) is 0. The molecule has 12 nitrogen and oxygen atoms in total. The molecule has 0 aliphatic carbocycles. The summed E-state index contributed by atoms with van der Waals surface area (Å²) < 4.78 is 68.9. The standard InChI is InChI=1S/C56H74O12/c1-5-57-39-43-61-31-17-9-13-21-35-65-53-47-27-25-29-49-51(47)52-48(54(53)66-36-22-14-10-18-32-62-44-40-58-6-2)28-26-30-50(52)56(68-38-24-16-12-20-34-64-46-42-60-8-4)55(49)67-37-23-15-11-19-33-63-45-41-59-7-3/h25-30H,5-24,31-38H2,1-4H3. The summed E-state index contributed by atoms with van der Waals surface area (Å²) in [5.74, 6) is 3.03. The van der Waals surface area contributed by atoms with Gasteiger partial charge in [-0.15, -0.1) is 0 Å². The molecule has 0 bridgehead atoms. The molecule has 0 heterocycles. The van der Waals surface area contributed by atoms with Crippen LogP contribution >= 0.6 is 0 Å². The summed E-state index contributed by atoms with van der Waals surface area (Å²) in [6, 6.07) is 12.7. The van der Waals surface area contributed by atoms with Crippen molar-refractivity contribution in [1.82, 2.24) is 0 Å². The van der Waals surface area contributed by atoms with Crippen LogP contribution in [-0.2, 0) is 37.9 Å². The minimum absolute atomic E-state index is 0.539. The lowest BCUT2D eigenvalue weighted by Crippen LogP contribution is -2.07. The summed E-state index contributed by atoms with van der Waals surface area (Å²) in [6.07, 6.45) is 35.7. The average Bonchev–Trinajstić information content (AvgIpc) is 3.36. The third-order valence-corrected chi connectivity index (χ3v) is 10.6. The normalized spacial score (nSPS) is 10.4. The van der Waals surface area contributed by atoms with Crippen molar-refractivity contribution in [1.29, 1.82) is 0 Å². The van der Waals surface area contributed by atoms with Crippen LogP contribution in [0.15, 0.2) is 36.4 Å². The van der Waals surface area contributed by atoms with Gasteiger partial charge in [-0.25, -0.2) is 0 Å². The fourth-order valence-corrected chi connectivity index (χ4v) is 7.41. The van der Waals surface area contributed by atoms with Gasteiger partial charge in [0, 0.05) is 32.3 Å². The number of unbranched alkanes of at least 4 members (excludes halogenated alkanes) is 12. The van der Waals surface area contributed by atoms with E-state index >= 15 is 0 Å². The SMILES string of the molecule is CCOC#COCCCCCCOc1c(OCCCCCCOC#COCC)c2cccc3c(OCCCCCCOC#COCC)c(OCCCCCCOC#COCC)c4cccc1c4c23. The van der Waals surface area contributed by atoms with E-state index in [1.165, 1.54) is 0 Å². The Balaban J connectivity index is 1.57. The van der Waals surface area contributed by atoms with E-state index in [-0.39, 0.29) is 0 Å². The summed E-state index contributed by atoms with van der Waals surface area (Å²) in [4.78, 5) is 0. The van der Waals surface area contributed by atoms with Gasteiger partial charge in [0.1, 0.15) is 26.4 Å². The van der Waals surface area contributed by atoms with Gasteiger partial charge in [-0.2, -0.15) is 0 Å². The maximum absolute atomic E-state index is 6.81. The molecule has 0 aliphatic heterocycles. The van der Waals surface area contributed by atoms with E-state index in [0.29, 0.717) is 79.3 Å². The molecule has 4 aromatic carbocycles. The molecule has 0 atom stereocenters. The number of benzene rings is 4. The molecule has 12 heteroatoms. The van der Waals surface area contributed by atoms with Gasteiger partial charge >= 0.3 is 0 Å². The molecule has 0 spiro atoms. The number of hydrogen-bond acceptors (Lipinski definition) is 12. The van der Waals surface area contributed by atoms with Crippen molar-refractivity contribution in [3.63, 3.8) is 0 Å². The van der Waals surface area contributed by atoms with Crippen LogP contribution in [0, 0.1) is 48.9 Å². The third-order valence-electron chi connectivity index (χ3n) is 10.6. The van der Waals surface area contributed by atoms with E-state index in [2.05, 4.69) is 85.3 Å². The molecule has 0 fully saturated rings. The summed E-state index contributed by atoms with van der Waals surface area (Å²) in [7, 11) is 0. The van der Waals surface area contributed by atoms with Crippen LogP contribution in [0.25, 0.3) is 32.3 Å². The minimum Gasteiger partial charge on any atom is -0.489 e. The molecule has 4 rings (SSSR count). The molecule has 0 amide bonds. The zero-order valence-corrected chi connectivity index (χ0v) is 41.2. The van der Waals surface area contributed by atoms with E-state index < -0.39 is 0 Å². The fourth-order valence-electron chi connectivity index (χ4n) is 7.41. The molecule has 0 radical (unpaired) electrons. The van der Waals surface area contributed by atoms with Crippen LogP contribution in [0.2, 0.25) is 0 Å². The lowest BCUT2D eigenvalue weighted by Gasteiger charge is -2.24. The molecule has 0 saturated carbocycles. The predicted molar refractivity (Wildman–Crippen MR) is 267 cm³/mol. The second-order valence-corrected chi connectivity index (χ2v) is 15.8. The first-order valence-electron chi connectivity index (χ1n) is 25.0. The summed E-state index contributed by atoms with van der Waals surface area (Å²) >= 11 is 0. The number of ether oxygens (including phenoxy) is 12. The molecule has 0 N–H and O–H groups in total. The zero-order valence-electron chi connectivity index (χ0n) is 41.2. The van der Waals surface area contributed by atoms with Crippen LogP contribution in [0.5, 0.6) is 23.0 Å². The second kappa shape index (κ2) is 35.9. The lowest BCUT2D eigenvalue weighted by atomic mass is 9.91. The molecule has 0 aliphatic rings. The third kappa shape index (κ3) is 19.9. The van der Waals surface area contributed by atoms with Crippen molar-refractivity contribution in [2.75, 3.05) is 79.3 Å². The highest BCUT2D eigenvalue weighted by Gasteiger charge is 2.26. The maximum Gasteiger partial charge on any atom is 0.169 e. The van der Waals surface area contributed by atoms with Crippen molar-refractivity contribution < 1.29 is 56.8 Å². The Labute approximate surface area is 405 Å². The Morgan fingerprint density at radius 3 is 0.691 bits per heavy atom. The van der Waals surface area contributed by atoms with Gasteiger partial charge in [0.2, 0.25) is 0 Å². The first kappa shape index (κ1) is 54.4. The number of rotatable bonds is 36. The lowest BCUT2D eigenvalue weighted by molar-refractivity contribution is 0.241. The summed E-state index contributed by atoms with van der Waals surface area (Å²) in [5.41, 5.74) is 0. The molecule has 370 valence electrons. The second-order valence-electron chi connectivity index (χ2n) is 15.8. The molecule has 68 heavy (non-hydrogen) atoms. The monoisotopic (exact) mass is 939 g/mol. The van der Waals surface area contributed by atoms with Gasteiger partial charge in [0.25, 0.3) is 0 Å². The first-order valence-corrected chi connectivity index (χ1v) is 25.0. The van der Waals surface area contributed by atoms with Crippen LogP contribution in [0.3, 0.4) is 0 Å². The highest BCUT2D eigenvalue weighted by atomic mass is 16.5. The van der Waals surface area contributed by atoms with Gasteiger partial charge in [-0.1, -0.05) is 36.4 Å². The van der Waals surface area contributed by atoms with Gasteiger partial charge < -0.3 is 56.8 Å². The average molecular weight is 939 g/mol. The minimum atomic E-state index is 0.539. The van der Waals surface area contributed by atoms with Gasteiger partial charge in [0.05, 0.1) is 52.9 Å². The molecular formula is C56H74O12. The van der Waals surface area contributed by atoms with Crippen molar-refractivity contribution in [2.45, 2.75) is 130 Å². The van der Waals surface area contributed by atoms with Crippen LogP contribution in [0.1, 0.15) is 130 Å². The summed E-state index contributed by atoms with van der Waals surface area (Å²) in [5, 5.41) is 6.13. The highest BCUT2D eigenvalue weighted by molar-refractivity contribution is 6.29. The molecule has 0 unspecified atom stereocenters. The Kier molecular flexibility index (Phi) is 28.7. The zero-order chi connectivity index (χ0) is 48.0. The van der Waals surface area contributed by atoms with Gasteiger partial charge in [0.15, 0.2) is 71.9 Å². The van der Waals surface area contributed by atoms with Gasteiger partial charge in [-0.3, -0.25) is 0 Å². The predicted octanol–water partition coefficient (Wildman–Crippen LogP) is 12.2. The van der Waals surface area contributed by atoms with Gasteiger partial charge in [-0.05, 0) is 130 Å². The maximum atomic E-state index is 6.81. The molecular weight excluding hydrogens is 865 g/mol. The smallest absolute Gasteiger partial charge is 0.169 e. The Morgan fingerprint density at radius 2 is 0.471 bits per heavy atom. The fraction of sp³-hybridized carbons (Fsp3) is 0.571. The van der Waals surface area contributed by atoms with Crippen molar-refractivity contribution in [3.05, 3.63) is 36.4 Å². The van der Waals surface area contributed by atoms with Crippen molar-refractivity contribution in [2.24, 2.45) is 0 Å². The largest absolute Gasteiger partial charge is 0.489 e. The van der Waals surface area contributed by atoms with Crippen LogP contribution in [0.4, 0.5) is 0 Å². The van der Waals surface area contributed by atoms with E-state index in [1.54, 1.807) is 0 Å². The molecule has 0 saturated heterocycles. The van der Waals surface area contributed by atoms with Crippen LogP contribution in [-0.4, -0.2) is 79.3 Å². The van der Waals surface area contributed by atoms with E-state index in [4.69, 9.17) is 56.8 Å². The van der Waals surface area contributed by atoms with E-state index in [0.717, 1.165) is 158 Å². The highest BCUT2D eigenvalue weighted by Crippen LogP contribution is 2.53.